The predicted octanol–water partition coefficient (Wildman–Crippen LogP) is -1.80. The minimum atomic E-state index is -1.07. The summed E-state index contributed by atoms with van der Waals surface area (Å²) < 4.78 is 0. The topological polar surface area (TPSA) is 147 Å². The van der Waals surface area contributed by atoms with E-state index in [0.717, 1.165) is 0 Å². The Bertz CT molecular complexity index is 173. The first-order valence-corrected chi connectivity index (χ1v) is 3.96. The van der Waals surface area contributed by atoms with Crippen LogP contribution in [-0.4, -0.2) is 46.5 Å². The summed E-state index contributed by atoms with van der Waals surface area (Å²) in [5.74, 6) is -1.91. The molecule has 0 aliphatic heterocycles. The molecule has 0 fully saturated rings. The highest BCUT2D eigenvalue weighted by atomic mass is 16.4. The number of hydrogen-bond donors (Lipinski definition) is 5. The van der Waals surface area contributed by atoms with Crippen LogP contribution in [0.15, 0.2) is 0 Å². The second-order valence-electron chi connectivity index (χ2n) is 2.39. The number of carbonyl (C=O) groups is 2. The van der Waals surface area contributed by atoms with Gasteiger partial charge in [0.15, 0.2) is 0 Å². The van der Waals surface area contributed by atoms with Gasteiger partial charge in [-0.15, -0.1) is 0 Å². The number of hydrogen-bond acceptors (Lipinski definition) is 5. The first kappa shape index (κ1) is 15.3. The van der Waals surface area contributed by atoms with E-state index in [4.69, 9.17) is 26.8 Å². The van der Waals surface area contributed by atoms with Gasteiger partial charge in [0.25, 0.3) is 0 Å². The number of rotatable bonds is 5. The molecule has 0 saturated heterocycles. The molecule has 7 N–H and O–H groups in total. The van der Waals surface area contributed by atoms with E-state index in [2.05, 4.69) is 0 Å². The maximum absolute atomic E-state index is 9.85. The minimum absolute atomic E-state index is 0.0694. The number of carboxylic acid groups (broad SMARTS) is 2. The fourth-order valence-corrected chi connectivity index (χ4v) is 0.386. The van der Waals surface area contributed by atoms with E-state index in [-0.39, 0.29) is 26.0 Å². The predicted molar refractivity (Wildman–Crippen MR) is 48.6 cm³/mol. The van der Waals surface area contributed by atoms with Crippen molar-refractivity contribution in [2.75, 3.05) is 13.2 Å². The van der Waals surface area contributed by atoms with E-state index in [1.54, 1.807) is 0 Å². The van der Waals surface area contributed by atoms with Crippen LogP contribution < -0.4 is 11.5 Å². The molecule has 0 aromatic carbocycles. The molecule has 0 aliphatic carbocycles. The van der Waals surface area contributed by atoms with Gasteiger partial charge < -0.3 is 26.8 Å². The normalized spacial score (nSPS) is 11.1. The lowest BCUT2D eigenvalue weighted by Crippen LogP contribution is -2.30. The number of aliphatic carboxylic acids is 2. The fourth-order valence-electron chi connectivity index (χ4n) is 0.386. The second-order valence-corrected chi connectivity index (χ2v) is 2.39. The minimum Gasteiger partial charge on any atom is -0.481 e. The Hall–Kier alpha value is -1.18. The van der Waals surface area contributed by atoms with E-state index in [1.165, 1.54) is 0 Å². The van der Waals surface area contributed by atoms with Crippen LogP contribution in [0.25, 0.3) is 0 Å². The average Bonchev–Trinajstić information content (AvgIpc) is 2.05. The van der Waals surface area contributed by atoms with Crippen LogP contribution in [0.3, 0.4) is 0 Å². The van der Waals surface area contributed by atoms with Crippen molar-refractivity contribution in [1.29, 1.82) is 0 Å². The molecule has 0 amide bonds. The van der Waals surface area contributed by atoms with Crippen molar-refractivity contribution in [2.24, 2.45) is 11.5 Å². The lowest BCUT2D eigenvalue weighted by molar-refractivity contribution is -0.139. The van der Waals surface area contributed by atoms with Gasteiger partial charge in [0.1, 0.15) is 6.04 Å². The van der Waals surface area contributed by atoms with E-state index < -0.39 is 18.0 Å². The maximum atomic E-state index is 9.85. The molecule has 7 heteroatoms. The Morgan fingerprint density at radius 2 is 1.79 bits per heavy atom. The smallest absolute Gasteiger partial charge is 0.320 e. The van der Waals surface area contributed by atoms with Crippen LogP contribution in [0.1, 0.15) is 12.8 Å². The average molecular weight is 208 g/mol. The molecular formula is C7H16N2O5. The number of carboxylic acids is 2. The van der Waals surface area contributed by atoms with Gasteiger partial charge in [-0.3, -0.25) is 9.59 Å². The van der Waals surface area contributed by atoms with E-state index in [1.807, 2.05) is 0 Å². The molecule has 0 radical (unpaired) electrons. The Kier molecular flexibility index (Phi) is 10.8. The summed E-state index contributed by atoms with van der Waals surface area (Å²) in [6, 6.07) is -0.917. The Morgan fingerprint density at radius 1 is 1.29 bits per heavy atom. The highest BCUT2D eigenvalue weighted by molar-refractivity contribution is 5.72. The molecule has 14 heavy (non-hydrogen) atoms. The molecule has 0 saturated carbocycles. The van der Waals surface area contributed by atoms with Gasteiger partial charge in [-0.05, 0) is 6.42 Å². The van der Waals surface area contributed by atoms with Gasteiger partial charge >= 0.3 is 11.9 Å². The molecule has 7 nitrogen and oxygen atoms in total. The zero-order chi connectivity index (χ0) is 11.6. The van der Waals surface area contributed by atoms with Crippen LogP contribution in [0.5, 0.6) is 0 Å². The first-order valence-electron chi connectivity index (χ1n) is 3.96. The standard InChI is InChI=1S/C4H9NO3.C3H7NO2/c5-3(1-2-6)4(7)8;4-2-1-3(5)6/h3,6H,1-2,5H2,(H,7,8);1-2,4H2,(H,5,6)/t3-;/m0./s1. The summed E-state index contributed by atoms with van der Waals surface area (Å²) in [5.41, 5.74) is 9.82. The third kappa shape index (κ3) is 13.4. The molecule has 84 valence electrons. The molecule has 0 bridgehead atoms. The third-order valence-corrected chi connectivity index (χ3v) is 1.12. The molecule has 1 atom stereocenters. The van der Waals surface area contributed by atoms with Crippen LogP contribution >= 0.6 is 0 Å². The number of aliphatic hydroxyl groups is 1. The molecule has 0 unspecified atom stereocenters. The number of nitrogens with two attached hydrogens (primary N) is 2. The van der Waals surface area contributed by atoms with Crippen LogP contribution in [0.2, 0.25) is 0 Å². The van der Waals surface area contributed by atoms with E-state index >= 15 is 0 Å². The molecule has 0 rings (SSSR count). The molecule has 0 heterocycles. The Balaban J connectivity index is 0. The van der Waals surface area contributed by atoms with Gasteiger partial charge in [-0.1, -0.05) is 0 Å². The van der Waals surface area contributed by atoms with E-state index in [9.17, 15) is 9.59 Å². The van der Waals surface area contributed by atoms with Crippen LogP contribution in [0, 0.1) is 0 Å². The van der Waals surface area contributed by atoms with Gasteiger partial charge in [0.2, 0.25) is 0 Å². The van der Waals surface area contributed by atoms with Gasteiger partial charge in [-0.25, -0.2) is 0 Å². The summed E-state index contributed by atoms with van der Waals surface area (Å²) in [7, 11) is 0. The monoisotopic (exact) mass is 208 g/mol. The summed E-state index contributed by atoms with van der Waals surface area (Å²) in [6.45, 7) is 0.0583. The van der Waals surface area contributed by atoms with Crippen molar-refractivity contribution in [1.82, 2.24) is 0 Å². The Labute approximate surface area is 81.3 Å². The van der Waals surface area contributed by atoms with Gasteiger partial charge in [-0.2, -0.15) is 0 Å². The summed E-state index contributed by atoms with van der Waals surface area (Å²) in [6.07, 6.45) is 0.190. The fraction of sp³-hybridized carbons (Fsp3) is 0.714. The van der Waals surface area contributed by atoms with Crippen molar-refractivity contribution in [3.05, 3.63) is 0 Å². The van der Waals surface area contributed by atoms with E-state index in [0.29, 0.717) is 0 Å². The zero-order valence-corrected chi connectivity index (χ0v) is 7.72. The zero-order valence-electron chi connectivity index (χ0n) is 7.72. The van der Waals surface area contributed by atoms with Gasteiger partial charge in [0, 0.05) is 13.2 Å². The SMILES string of the molecule is NCCC(=O)O.N[C@@H](CCO)C(=O)O. The van der Waals surface area contributed by atoms with Crippen LogP contribution in [-0.2, 0) is 9.59 Å². The molecule has 0 spiro atoms. The molecule has 0 aromatic rings. The molecular weight excluding hydrogens is 192 g/mol. The second kappa shape index (κ2) is 9.90. The van der Waals surface area contributed by atoms with Crippen LogP contribution in [0.4, 0.5) is 0 Å². The van der Waals surface area contributed by atoms with Crippen molar-refractivity contribution in [3.63, 3.8) is 0 Å². The van der Waals surface area contributed by atoms with Crippen molar-refractivity contribution in [3.8, 4) is 0 Å². The highest BCUT2D eigenvalue weighted by Gasteiger charge is 2.08. The van der Waals surface area contributed by atoms with Crippen molar-refractivity contribution >= 4 is 11.9 Å². The molecule has 0 aromatic heterocycles. The lowest BCUT2D eigenvalue weighted by atomic mass is 10.2. The van der Waals surface area contributed by atoms with Crippen molar-refractivity contribution < 1.29 is 24.9 Å². The maximum Gasteiger partial charge on any atom is 0.320 e. The van der Waals surface area contributed by atoms with Crippen molar-refractivity contribution in [2.45, 2.75) is 18.9 Å². The highest BCUT2D eigenvalue weighted by Crippen LogP contribution is 1.83. The van der Waals surface area contributed by atoms with Gasteiger partial charge in [0.05, 0.1) is 6.42 Å². The summed E-state index contributed by atoms with van der Waals surface area (Å²) in [5, 5.41) is 24.1. The quantitative estimate of drug-likeness (QED) is 0.358. The molecule has 0 aliphatic rings. The Morgan fingerprint density at radius 3 is 1.86 bits per heavy atom. The largest absolute Gasteiger partial charge is 0.481 e. The summed E-state index contributed by atoms with van der Waals surface area (Å²) >= 11 is 0. The first-order chi connectivity index (χ1) is 6.45. The lowest BCUT2D eigenvalue weighted by Gasteiger charge is -2.00. The summed E-state index contributed by atoms with van der Waals surface area (Å²) in [4.78, 5) is 19.4. The number of aliphatic hydroxyl groups excluding tert-OH is 1. The third-order valence-electron chi connectivity index (χ3n) is 1.12.